The van der Waals surface area contributed by atoms with Crippen LogP contribution in [0.5, 0.6) is 17.2 Å². The summed E-state index contributed by atoms with van der Waals surface area (Å²) in [5.74, 6) is 0.974. The van der Waals surface area contributed by atoms with Crippen molar-refractivity contribution in [2.24, 2.45) is 0 Å². The van der Waals surface area contributed by atoms with E-state index in [4.69, 9.17) is 14.2 Å². The van der Waals surface area contributed by atoms with Gasteiger partial charge < -0.3 is 19.5 Å². The van der Waals surface area contributed by atoms with Gasteiger partial charge in [0.15, 0.2) is 11.5 Å². The fourth-order valence-corrected chi connectivity index (χ4v) is 4.94. The number of fused-ring (bicyclic) bond motifs is 1. The van der Waals surface area contributed by atoms with Gasteiger partial charge in [-0.25, -0.2) is 0 Å². The third kappa shape index (κ3) is 5.62. The zero-order chi connectivity index (χ0) is 27.9. The van der Waals surface area contributed by atoms with Crippen LogP contribution in [0.4, 0.5) is 0 Å². The number of ether oxygens (including phenoxy) is 3. The van der Waals surface area contributed by atoms with E-state index in [0.29, 0.717) is 45.8 Å². The van der Waals surface area contributed by atoms with E-state index in [1.807, 2.05) is 61.5 Å². The number of nitrogens with one attached hydrogen (secondary N) is 1. The summed E-state index contributed by atoms with van der Waals surface area (Å²) < 4.78 is 18.8. The summed E-state index contributed by atoms with van der Waals surface area (Å²) in [6, 6.07) is 19.7. The van der Waals surface area contributed by atoms with Crippen LogP contribution >= 0.6 is 0 Å². The zero-order valence-electron chi connectivity index (χ0n) is 23.2. The molecule has 39 heavy (non-hydrogen) atoms. The summed E-state index contributed by atoms with van der Waals surface area (Å²) in [6.45, 7) is 4.64. The Kier molecular flexibility index (Phi) is 8.92. The molecule has 204 valence electrons. The van der Waals surface area contributed by atoms with Crippen molar-refractivity contribution in [2.75, 3.05) is 27.9 Å². The maximum Gasteiger partial charge on any atom is 0.252 e. The molecule has 0 saturated heterocycles. The molecule has 1 N–H and O–H groups in total. The van der Waals surface area contributed by atoms with Crippen LogP contribution in [0.15, 0.2) is 71.5 Å². The van der Waals surface area contributed by atoms with Gasteiger partial charge in [0.1, 0.15) is 6.04 Å². The molecule has 0 fully saturated rings. The minimum atomic E-state index is -0.908. The number of aromatic nitrogens is 1. The molecule has 1 heterocycles. The molecule has 0 aliphatic heterocycles. The summed E-state index contributed by atoms with van der Waals surface area (Å²) in [4.78, 5) is 27.8. The molecule has 7 nitrogen and oxygen atoms in total. The SMILES string of the molecule is CCCCCNC(=O)C(c1ccc(C)cc1)n1c(=O)cc(-c2ccccc2)c2c(OC)c(OC)c(OC)cc21. The first-order valence-electron chi connectivity index (χ1n) is 13.2. The number of nitrogens with zero attached hydrogens (tertiary/aromatic N) is 1. The number of hydrogen-bond acceptors (Lipinski definition) is 5. The molecule has 3 aromatic carbocycles. The van der Waals surface area contributed by atoms with Crippen LogP contribution in [0, 0.1) is 6.92 Å². The Bertz CT molecular complexity index is 1490. The van der Waals surface area contributed by atoms with Crippen molar-refractivity contribution in [1.82, 2.24) is 9.88 Å². The van der Waals surface area contributed by atoms with Crippen molar-refractivity contribution in [1.29, 1.82) is 0 Å². The molecule has 1 amide bonds. The summed E-state index contributed by atoms with van der Waals surface area (Å²) >= 11 is 0. The number of hydrogen-bond donors (Lipinski definition) is 1. The quantitative estimate of drug-likeness (QED) is 0.245. The van der Waals surface area contributed by atoms with Gasteiger partial charge in [-0.15, -0.1) is 0 Å². The molecule has 4 aromatic rings. The van der Waals surface area contributed by atoms with Gasteiger partial charge in [0.25, 0.3) is 5.56 Å². The minimum absolute atomic E-state index is 0.250. The predicted octanol–water partition coefficient (Wildman–Crippen LogP) is 5.90. The standard InChI is InChI=1S/C32H36N2O5/c1-6-7-11-18-33-32(36)29(23-16-14-21(2)15-17-23)34-25-20-26(37-3)30(38-4)31(39-5)28(25)24(19-27(34)35)22-12-9-8-10-13-22/h8-10,12-17,19-20,29H,6-7,11,18H2,1-5H3,(H,33,36). The first kappa shape index (κ1) is 27.8. The summed E-state index contributed by atoms with van der Waals surface area (Å²) in [7, 11) is 4.63. The molecule has 7 heteroatoms. The van der Waals surface area contributed by atoms with Crippen molar-refractivity contribution in [3.63, 3.8) is 0 Å². The van der Waals surface area contributed by atoms with E-state index in [1.165, 1.54) is 11.7 Å². The first-order valence-corrected chi connectivity index (χ1v) is 13.2. The van der Waals surface area contributed by atoms with Crippen molar-refractivity contribution in [2.45, 2.75) is 39.2 Å². The number of aryl methyl sites for hydroxylation is 1. The fraction of sp³-hybridized carbons (Fsp3) is 0.312. The summed E-state index contributed by atoms with van der Waals surface area (Å²) in [5.41, 5.74) is 3.47. The average molecular weight is 529 g/mol. The second kappa shape index (κ2) is 12.5. The second-order valence-electron chi connectivity index (χ2n) is 9.48. The van der Waals surface area contributed by atoms with Gasteiger partial charge in [-0.1, -0.05) is 79.9 Å². The lowest BCUT2D eigenvalue weighted by Crippen LogP contribution is -2.38. The van der Waals surface area contributed by atoms with E-state index < -0.39 is 6.04 Å². The molecular formula is C32H36N2O5. The predicted molar refractivity (Wildman–Crippen MR) is 155 cm³/mol. The molecular weight excluding hydrogens is 492 g/mol. The Morgan fingerprint density at radius 1 is 0.897 bits per heavy atom. The van der Waals surface area contributed by atoms with Crippen molar-refractivity contribution < 1.29 is 19.0 Å². The highest BCUT2D eigenvalue weighted by molar-refractivity contribution is 6.03. The summed E-state index contributed by atoms with van der Waals surface area (Å²) in [6.07, 6.45) is 2.92. The molecule has 0 aliphatic carbocycles. The Morgan fingerprint density at radius 3 is 2.21 bits per heavy atom. The van der Waals surface area contributed by atoms with E-state index in [1.54, 1.807) is 26.4 Å². The maximum absolute atomic E-state index is 14.0. The Labute approximate surface area is 229 Å². The summed E-state index contributed by atoms with van der Waals surface area (Å²) in [5, 5.41) is 3.71. The minimum Gasteiger partial charge on any atom is -0.493 e. The van der Waals surface area contributed by atoms with Gasteiger partial charge in [0, 0.05) is 24.2 Å². The van der Waals surface area contributed by atoms with E-state index in [2.05, 4.69) is 12.2 Å². The van der Waals surface area contributed by atoms with Crippen LogP contribution in [-0.2, 0) is 4.79 Å². The van der Waals surface area contributed by atoms with E-state index in [-0.39, 0.29) is 11.5 Å². The highest BCUT2D eigenvalue weighted by atomic mass is 16.5. The molecule has 4 rings (SSSR count). The van der Waals surface area contributed by atoms with Gasteiger partial charge in [-0.2, -0.15) is 0 Å². The topological polar surface area (TPSA) is 78.8 Å². The molecule has 1 atom stereocenters. The number of benzene rings is 3. The van der Waals surface area contributed by atoms with E-state index in [0.717, 1.165) is 30.4 Å². The largest absolute Gasteiger partial charge is 0.493 e. The van der Waals surface area contributed by atoms with Crippen molar-refractivity contribution in [3.8, 4) is 28.4 Å². The monoisotopic (exact) mass is 528 g/mol. The number of pyridine rings is 1. The van der Waals surface area contributed by atoms with E-state index in [9.17, 15) is 9.59 Å². The highest BCUT2D eigenvalue weighted by Gasteiger charge is 2.29. The Balaban J connectivity index is 2.07. The van der Waals surface area contributed by atoms with Crippen LogP contribution in [0.2, 0.25) is 0 Å². The molecule has 1 aromatic heterocycles. The van der Waals surface area contributed by atoms with Gasteiger partial charge in [-0.05, 0) is 24.5 Å². The third-order valence-corrected chi connectivity index (χ3v) is 6.91. The van der Waals surface area contributed by atoms with E-state index >= 15 is 0 Å². The number of unbranched alkanes of at least 4 members (excludes halogenated alkanes) is 2. The first-order chi connectivity index (χ1) is 18.9. The van der Waals surface area contributed by atoms with Gasteiger partial charge in [0.2, 0.25) is 11.7 Å². The van der Waals surface area contributed by atoms with Crippen LogP contribution < -0.4 is 25.1 Å². The number of rotatable bonds is 11. The van der Waals surface area contributed by atoms with Gasteiger partial charge in [-0.3, -0.25) is 14.2 Å². The normalized spacial score (nSPS) is 11.7. The molecule has 0 bridgehead atoms. The second-order valence-corrected chi connectivity index (χ2v) is 9.48. The molecule has 0 spiro atoms. The average Bonchev–Trinajstić information content (AvgIpc) is 2.96. The number of carbonyl (C=O) groups is 1. The molecule has 0 saturated carbocycles. The molecule has 1 unspecified atom stereocenters. The van der Waals surface area contributed by atoms with Crippen LogP contribution in [0.1, 0.15) is 43.4 Å². The number of carbonyl (C=O) groups excluding carboxylic acids is 1. The molecule has 0 aliphatic rings. The zero-order valence-corrected chi connectivity index (χ0v) is 23.2. The van der Waals surface area contributed by atoms with Gasteiger partial charge >= 0.3 is 0 Å². The fourth-order valence-electron chi connectivity index (χ4n) is 4.94. The number of amides is 1. The van der Waals surface area contributed by atoms with Crippen molar-refractivity contribution in [3.05, 3.63) is 88.2 Å². The lowest BCUT2D eigenvalue weighted by atomic mass is 9.97. The lowest BCUT2D eigenvalue weighted by Gasteiger charge is -2.25. The third-order valence-electron chi connectivity index (χ3n) is 6.91. The smallest absolute Gasteiger partial charge is 0.252 e. The van der Waals surface area contributed by atoms with Crippen LogP contribution in [0.25, 0.3) is 22.0 Å². The highest BCUT2D eigenvalue weighted by Crippen LogP contribution is 2.47. The Hall–Kier alpha value is -4.26. The Morgan fingerprint density at radius 2 is 1.59 bits per heavy atom. The van der Waals surface area contributed by atoms with Crippen molar-refractivity contribution >= 4 is 16.8 Å². The van der Waals surface area contributed by atoms with Crippen LogP contribution in [-0.4, -0.2) is 38.3 Å². The number of methoxy groups -OCH3 is 3. The lowest BCUT2D eigenvalue weighted by molar-refractivity contribution is -0.123. The van der Waals surface area contributed by atoms with Gasteiger partial charge in [0.05, 0.1) is 32.2 Å². The molecule has 0 radical (unpaired) electrons. The van der Waals surface area contributed by atoms with Crippen LogP contribution in [0.3, 0.4) is 0 Å². The maximum atomic E-state index is 14.0.